The molecule has 0 saturated heterocycles. The Hall–Kier alpha value is -5.38. The van der Waals surface area contributed by atoms with Crippen molar-refractivity contribution >= 4 is 44.1 Å². The van der Waals surface area contributed by atoms with E-state index in [2.05, 4.69) is 197 Å². The Balaban J connectivity index is 1.22. The summed E-state index contributed by atoms with van der Waals surface area (Å²) in [5, 5.41) is 2.47. The van der Waals surface area contributed by atoms with Crippen molar-refractivity contribution in [2.75, 3.05) is 9.80 Å². The van der Waals surface area contributed by atoms with Gasteiger partial charge in [-0.1, -0.05) is 136 Å². The summed E-state index contributed by atoms with van der Waals surface area (Å²) in [4.78, 5) is 4.95. The van der Waals surface area contributed by atoms with Crippen LogP contribution in [0.4, 0.5) is 32.8 Å². The zero-order chi connectivity index (χ0) is 35.1. The van der Waals surface area contributed by atoms with Gasteiger partial charge in [-0.25, -0.2) is 0 Å². The van der Waals surface area contributed by atoms with Crippen LogP contribution in [0.2, 0.25) is 0 Å². The summed E-state index contributed by atoms with van der Waals surface area (Å²) in [6.45, 7) is 14.0. The van der Waals surface area contributed by atoms with E-state index in [4.69, 9.17) is 0 Å². The van der Waals surface area contributed by atoms with Crippen LogP contribution in [0.1, 0.15) is 61.1 Å². The van der Waals surface area contributed by atoms with Crippen molar-refractivity contribution in [3.05, 3.63) is 179 Å². The van der Waals surface area contributed by atoms with Gasteiger partial charge in [0.2, 0.25) is 0 Å². The van der Waals surface area contributed by atoms with Gasteiger partial charge in [0.05, 0.1) is 0 Å². The SMILES string of the molecule is Cc1c(N(c2ccccc2)c2ccc3c(c2)C(C)(C)c2ccccc2-3)sc(N(c2ccccc2)c2ccc3c(c2)C(C)(C)c2ccccc2-3)c1C. The Morgan fingerprint density at radius 2 is 0.725 bits per heavy atom. The Kier molecular flexibility index (Phi) is 7.17. The lowest BCUT2D eigenvalue weighted by Gasteiger charge is -2.28. The second-order valence-electron chi connectivity index (χ2n) is 15.1. The average Bonchev–Trinajstić information content (AvgIpc) is 3.67. The van der Waals surface area contributed by atoms with Gasteiger partial charge in [-0.15, -0.1) is 0 Å². The summed E-state index contributed by atoms with van der Waals surface area (Å²) in [5.74, 6) is 0. The van der Waals surface area contributed by atoms with E-state index in [9.17, 15) is 0 Å². The molecule has 0 atom stereocenters. The first-order valence-corrected chi connectivity index (χ1v) is 18.8. The summed E-state index contributed by atoms with van der Waals surface area (Å²) in [6, 6.07) is 53.7. The molecule has 250 valence electrons. The Morgan fingerprint density at radius 1 is 0.373 bits per heavy atom. The molecular formula is C48H42N2S. The van der Waals surface area contributed by atoms with Crippen molar-refractivity contribution < 1.29 is 0 Å². The van der Waals surface area contributed by atoms with Crippen molar-refractivity contribution in [3.8, 4) is 22.3 Å². The Bertz CT molecular complexity index is 2280. The van der Waals surface area contributed by atoms with Crippen LogP contribution in [0.3, 0.4) is 0 Å². The number of hydrogen-bond acceptors (Lipinski definition) is 3. The molecule has 2 aliphatic rings. The first-order chi connectivity index (χ1) is 24.7. The van der Waals surface area contributed by atoms with E-state index in [0.29, 0.717) is 0 Å². The predicted octanol–water partition coefficient (Wildman–Crippen LogP) is 13.9. The van der Waals surface area contributed by atoms with Crippen LogP contribution < -0.4 is 9.80 Å². The van der Waals surface area contributed by atoms with Gasteiger partial charge in [-0.05, 0) is 118 Å². The van der Waals surface area contributed by atoms with Gasteiger partial charge in [-0.3, -0.25) is 0 Å². The highest BCUT2D eigenvalue weighted by atomic mass is 32.1. The summed E-state index contributed by atoms with van der Waals surface area (Å²) < 4.78 is 0. The maximum atomic E-state index is 2.47. The minimum Gasteiger partial charge on any atom is -0.302 e. The number of para-hydroxylation sites is 2. The van der Waals surface area contributed by atoms with Crippen molar-refractivity contribution in [2.45, 2.75) is 52.4 Å². The lowest BCUT2D eigenvalue weighted by Crippen LogP contribution is -2.16. The van der Waals surface area contributed by atoms with Gasteiger partial charge >= 0.3 is 0 Å². The Labute approximate surface area is 306 Å². The fourth-order valence-electron chi connectivity index (χ4n) is 8.58. The highest BCUT2D eigenvalue weighted by molar-refractivity contribution is 7.20. The molecule has 0 radical (unpaired) electrons. The number of fused-ring (bicyclic) bond motifs is 6. The third kappa shape index (κ3) is 4.75. The van der Waals surface area contributed by atoms with Crippen molar-refractivity contribution in [3.63, 3.8) is 0 Å². The third-order valence-electron chi connectivity index (χ3n) is 11.5. The topological polar surface area (TPSA) is 6.48 Å². The number of hydrogen-bond donors (Lipinski definition) is 0. The molecule has 6 aromatic carbocycles. The number of rotatable bonds is 6. The molecule has 2 aliphatic carbocycles. The smallest absolute Gasteiger partial charge is 0.105 e. The summed E-state index contributed by atoms with van der Waals surface area (Å²) in [6.07, 6.45) is 0. The van der Waals surface area contributed by atoms with Crippen LogP contribution in [0.5, 0.6) is 0 Å². The molecule has 0 saturated carbocycles. The van der Waals surface area contributed by atoms with E-state index in [0.717, 1.165) is 11.4 Å². The largest absolute Gasteiger partial charge is 0.302 e. The molecule has 7 aromatic rings. The maximum absolute atomic E-state index is 2.47. The van der Waals surface area contributed by atoms with Crippen LogP contribution in [-0.2, 0) is 10.8 Å². The quantitative estimate of drug-likeness (QED) is 0.173. The van der Waals surface area contributed by atoms with E-state index < -0.39 is 0 Å². The van der Waals surface area contributed by atoms with Gasteiger partial charge < -0.3 is 9.80 Å². The zero-order valence-electron chi connectivity index (χ0n) is 30.2. The second kappa shape index (κ2) is 11.6. The van der Waals surface area contributed by atoms with E-state index >= 15 is 0 Å². The molecule has 9 rings (SSSR count). The molecule has 0 amide bonds. The van der Waals surface area contributed by atoms with Crippen LogP contribution >= 0.6 is 11.3 Å². The highest BCUT2D eigenvalue weighted by Crippen LogP contribution is 2.55. The van der Waals surface area contributed by atoms with Crippen LogP contribution in [0.15, 0.2) is 146 Å². The molecule has 0 fully saturated rings. The van der Waals surface area contributed by atoms with Gasteiger partial charge in [0.25, 0.3) is 0 Å². The molecule has 3 heteroatoms. The molecule has 51 heavy (non-hydrogen) atoms. The summed E-state index contributed by atoms with van der Waals surface area (Å²) in [7, 11) is 0. The van der Waals surface area contributed by atoms with Crippen LogP contribution in [0, 0.1) is 13.8 Å². The maximum Gasteiger partial charge on any atom is 0.105 e. The molecule has 1 aromatic heterocycles. The molecule has 0 N–H and O–H groups in total. The van der Waals surface area contributed by atoms with Gasteiger partial charge in [0, 0.05) is 33.6 Å². The lowest BCUT2D eigenvalue weighted by molar-refractivity contribution is 0.660. The number of nitrogens with zero attached hydrogens (tertiary/aromatic N) is 2. The summed E-state index contributed by atoms with van der Waals surface area (Å²) in [5.41, 5.74) is 18.0. The molecule has 0 aliphatic heterocycles. The molecule has 2 nitrogen and oxygen atoms in total. The Morgan fingerprint density at radius 3 is 1.14 bits per heavy atom. The van der Waals surface area contributed by atoms with Crippen LogP contribution in [0.25, 0.3) is 22.3 Å². The van der Waals surface area contributed by atoms with Gasteiger partial charge in [0.15, 0.2) is 0 Å². The molecule has 0 bridgehead atoms. The second-order valence-corrected chi connectivity index (χ2v) is 16.1. The first kappa shape index (κ1) is 31.6. The lowest BCUT2D eigenvalue weighted by atomic mass is 9.82. The average molecular weight is 679 g/mol. The minimum atomic E-state index is -0.0824. The monoisotopic (exact) mass is 678 g/mol. The minimum absolute atomic E-state index is 0.0824. The highest BCUT2D eigenvalue weighted by Gasteiger charge is 2.37. The standard InChI is InChI=1S/C48H42N2S/c1-31-32(2)46(50(34-19-11-8-12-20-34)36-26-28-40-38-22-14-16-24-42(38)48(5,6)44(40)30-36)51-45(31)49(33-17-9-7-10-18-33)35-25-27-39-37-21-13-15-23-41(37)47(3,4)43(39)29-35/h7-30H,1-6H3. The van der Waals surface area contributed by atoms with E-state index in [1.807, 2.05) is 11.3 Å². The zero-order valence-corrected chi connectivity index (χ0v) is 31.0. The molecule has 1 heterocycles. The predicted molar refractivity (Wildman–Crippen MR) is 218 cm³/mol. The van der Waals surface area contributed by atoms with E-state index in [-0.39, 0.29) is 10.8 Å². The number of anilines is 6. The summed E-state index contributed by atoms with van der Waals surface area (Å²) >= 11 is 1.87. The third-order valence-corrected chi connectivity index (χ3v) is 12.8. The fourth-order valence-corrected chi connectivity index (χ4v) is 9.98. The van der Waals surface area contributed by atoms with Crippen molar-refractivity contribution in [1.29, 1.82) is 0 Å². The first-order valence-electron chi connectivity index (χ1n) is 18.0. The molecule has 0 unspecified atom stereocenters. The van der Waals surface area contributed by atoms with Gasteiger partial charge in [0.1, 0.15) is 10.0 Å². The van der Waals surface area contributed by atoms with Crippen LogP contribution in [-0.4, -0.2) is 0 Å². The fraction of sp³-hybridized carbons (Fsp3) is 0.167. The normalized spacial score (nSPS) is 14.4. The van der Waals surface area contributed by atoms with Gasteiger partial charge in [-0.2, -0.15) is 0 Å². The van der Waals surface area contributed by atoms with E-state index in [1.54, 1.807) is 0 Å². The van der Waals surface area contributed by atoms with Crippen molar-refractivity contribution in [2.24, 2.45) is 0 Å². The number of thiophene rings is 1. The van der Waals surface area contributed by atoms with Crippen molar-refractivity contribution in [1.82, 2.24) is 0 Å². The molecular weight excluding hydrogens is 637 g/mol. The molecule has 0 spiro atoms. The van der Waals surface area contributed by atoms with E-state index in [1.165, 1.54) is 77.0 Å². The number of benzene rings is 6.